The monoisotopic (exact) mass is 320 g/mol. The van der Waals surface area contributed by atoms with Gasteiger partial charge in [0.25, 0.3) is 0 Å². The molecule has 0 aliphatic carbocycles. The Hall–Kier alpha value is -1.39. The Balaban J connectivity index is 2.19. The van der Waals surface area contributed by atoms with Gasteiger partial charge < -0.3 is 10.1 Å². The Morgan fingerprint density at radius 2 is 2.16 bits per heavy atom. The molecule has 4 heteroatoms. The van der Waals surface area contributed by atoms with E-state index in [4.69, 9.17) is 4.74 Å². The first-order valence-corrected chi connectivity index (χ1v) is 7.04. The van der Waals surface area contributed by atoms with E-state index in [0.717, 1.165) is 28.1 Å². The van der Waals surface area contributed by atoms with E-state index in [9.17, 15) is 0 Å². The molecule has 0 atom stereocenters. The van der Waals surface area contributed by atoms with Crippen molar-refractivity contribution in [3.05, 3.63) is 52.8 Å². The van der Waals surface area contributed by atoms with Crippen LogP contribution in [0.3, 0.4) is 0 Å². The van der Waals surface area contributed by atoms with E-state index in [1.165, 1.54) is 0 Å². The van der Waals surface area contributed by atoms with Gasteiger partial charge in [0.05, 0.1) is 6.20 Å². The molecule has 0 bridgehead atoms. The summed E-state index contributed by atoms with van der Waals surface area (Å²) in [6.45, 7) is 5.02. The number of rotatable bonds is 5. The lowest BCUT2D eigenvalue weighted by molar-refractivity contribution is 0.467. The third kappa shape index (κ3) is 4.33. The van der Waals surface area contributed by atoms with Crippen molar-refractivity contribution in [3.8, 4) is 11.5 Å². The van der Waals surface area contributed by atoms with Gasteiger partial charge in [-0.1, -0.05) is 29.8 Å². The molecule has 2 rings (SSSR count). The summed E-state index contributed by atoms with van der Waals surface area (Å²) < 4.78 is 6.92. The largest absolute Gasteiger partial charge is 0.455 e. The van der Waals surface area contributed by atoms with Gasteiger partial charge in [0.15, 0.2) is 0 Å². The Labute approximate surface area is 122 Å². The molecule has 0 saturated carbocycles. The molecule has 0 saturated heterocycles. The van der Waals surface area contributed by atoms with Crippen molar-refractivity contribution in [1.29, 1.82) is 0 Å². The van der Waals surface area contributed by atoms with Crippen molar-refractivity contribution in [2.75, 3.05) is 0 Å². The Bertz CT molecular complexity index is 529. The zero-order valence-corrected chi connectivity index (χ0v) is 12.6. The highest BCUT2D eigenvalue weighted by Crippen LogP contribution is 2.27. The van der Waals surface area contributed by atoms with Crippen molar-refractivity contribution in [2.45, 2.75) is 26.4 Å². The standard InChI is InChI=1S/C15H17BrN2O/c1-11(2)18-9-12-8-13(16)5-6-15(12)19-14-4-3-7-17-10-14/h3-8,10-11,18H,9H2,1-2H3. The second-order valence-corrected chi connectivity index (χ2v) is 5.49. The molecule has 0 fully saturated rings. The van der Waals surface area contributed by atoms with Gasteiger partial charge in [0.2, 0.25) is 0 Å². The maximum Gasteiger partial charge on any atom is 0.145 e. The first kappa shape index (κ1) is 14.0. The van der Waals surface area contributed by atoms with Gasteiger partial charge in [0.1, 0.15) is 11.5 Å². The Kier molecular flexibility index (Phi) is 4.93. The molecular weight excluding hydrogens is 304 g/mol. The van der Waals surface area contributed by atoms with Gasteiger partial charge >= 0.3 is 0 Å². The van der Waals surface area contributed by atoms with Crippen LogP contribution in [0.4, 0.5) is 0 Å². The van der Waals surface area contributed by atoms with Crippen molar-refractivity contribution in [3.63, 3.8) is 0 Å². The lowest BCUT2D eigenvalue weighted by Crippen LogP contribution is -2.22. The lowest BCUT2D eigenvalue weighted by Gasteiger charge is -2.13. The van der Waals surface area contributed by atoms with Crippen molar-refractivity contribution < 1.29 is 4.74 Å². The van der Waals surface area contributed by atoms with E-state index in [1.807, 2.05) is 24.3 Å². The number of halogens is 1. The highest BCUT2D eigenvalue weighted by Gasteiger charge is 2.06. The summed E-state index contributed by atoms with van der Waals surface area (Å²) >= 11 is 3.49. The fourth-order valence-electron chi connectivity index (χ4n) is 1.63. The topological polar surface area (TPSA) is 34.1 Å². The third-order valence-electron chi connectivity index (χ3n) is 2.59. The average molecular weight is 321 g/mol. The normalized spacial score (nSPS) is 10.7. The maximum atomic E-state index is 5.87. The van der Waals surface area contributed by atoms with Crippen LogP contribution >= 0.6 is 15.9 Å². The average Bonchev–Trinajstić information content (AvgIpc) is 2.40. The van der Waals surface area contributed by atoms with Gasteiger partial charge in [0, 0.05) is 28.8 Å². The van der Waals surface area contributed by atoms with E-state index in [0.29, 0.717) is 6.04 Å². The zero-order valence-electron chi connectivity index (χ0n) is 11.1. The van der Waals surface area contributed by atoms with Gasteiger partial charge in [-0.3, -0.25) is 4.98 Å². The number of hydrogen-bond donors (Lipinski definition) is 1. The third-order valence-corrected chi connectivity index (χ3v) is 3.08. The molecule has 0 aliphatic rings. The molecule has 0 aliphatic heterocycles. The predicted molar refractivity (Wildman–Crippen MR) is 80.4 cm³/mol. The second kappa shape index (κ2) is 6.68. The molecule has 1 N–H and O–H groups in total. The minimum atomic E-state index is 0.435. The lowest BCUT2D eigenvalue weighted by atomic mass is 10.2. The number of aromatic nitrogens is 1. The van der Waals surface area contributed by atoms with Gasteiger partial charge in [-0.05, 0) is 30.3 Å². The molecule has 1 aromatic heterocycles. The van der Waals surface area contributed by atoms with Crippen LogP contribution < -0.4 is 10.1 Å². The molecule has 3 nitrogen and oxygen atoms in total. The quantitative estimate of drug-likeness (QED) is 0.899. The SMILES string of the molecule is CC(C)NCc1cc(Br)ccc1Oc1cccnc1. The fraction of sp³-hybridized carbons (Fsp3) is 0.267. The summed E-state index contributed by atoms with van der Waals surface area (Å²) in [5.74, 6) is 1.60. The van der Waals surface area contributed by atoms with Crippen LogP contribution in [0.1, 0.15) is 19.4 Å². The number of benzene rings is 1. The Morgan fingerprint density at radius 3 is 2.84 bits per heavy atom. The van der Waals surface area contributed by atoms with E-state index in [1.54, 1.807) is 12.4 Å². The Morgan fingerprint density at radius 1 is 1.32 bits per heavy atom. The summed E-state index contributed by atoms with van der Waals surface area (Å²) in [6.07, 6.45) is 3.44. The highest BCUT2D eigenvalue weighted by atomic mass is 79.9. The van der Waals surface area contributed by atoms with E-state index in [-0.39, 0.29) is 0 Å². The van der Waals surface area contributed by atoms with Crippen LogP contribution in [0.25, 0.3) is 0 Å². The molecule has 0 radical (unpaired) electrons. The molecule has 0 amide bonds. The van der Waals surface area contributed by atoms with Crippen LogP contribution in [-0.4, -0.2) is 11.0 Å². The number of nitrogens with one attached hydrogen (secondary N) is 1. The molecule has 1 heterocycles. The molecule has 0 unspecified atom stereocenters. The van der Waals surface area contributed by atoms with Crippen molar-refractivity contribution in [1.82, 2.24) is 10.3 Å². The first-order chi connectivity index (χ1) is 9.15. The summed E-state index contributed by atoms with van der Waals surface area (Å²) in [4.78, 5) is 4.05. The summed E-state index contributed by atoms with van der Waals surface area (Å²) in [5.41, 5.74) is 1.12. The summed E-state index contributed by atoms with van der Waals surface area (Å²) in [7, 11) is 0. The molecule has 2 aromatic rings. The minimum absolute atomic E-state index is 0.435. The van der Waals surface area contributed by atoms with Crippen LogP contribution in [-0.2, 0) is 6.54 Å². The van der Waals surface area contributed by atoms with Crippen LogP contribution in [0, 0.1) is 0 Å². The van der Waals surface area contributed by atoms with Crippen molar-refractivity contribution in [2.24, 2.45) is 0 Å². The number of hydrogen-bond acceptors (Lipinski definition) is 3. The van der Waals surface area contributed by atoms with Crippen LogP contribution in [0.2, 0.25) is 0 Å². The summed E-state index contributed by atoms with van der Waals surface area (Å²) in [6, 6.07) is 10.2. The van der Waals surface area contributed by atoms with E-state index < -0.39 is 0 Å². The van der Waals surface area contributed by atoms with E-state index in [2.05, 4.69) is 46.1 Å². The van der Waals surface area contributed by atoms with Crippen molar-refractivity contribution >= 4 is 15.9 Å². The van der Waals surface area contributed by atoms with E-state index >= 15 is 0 Å². The summed E-state index contributed by atoms with van der Waals surface area (Å²) in [5, 5.41) is 3.40. The zero-order chi connectivity index (χ0) is 13.7. The molecule has 0 spiro atoms. The molecular formula is C15H17BrN2O. The number of nitrogens with zero attached hydrogens (tertiary/aromatic N) is 1. The predicted octanol–water partition coefficient (Wildman–Crippen LogP) is 4.13. The van der Waals surface area contributed by atoms with Gasteiger partial charge in [-0.15, -0.1) is 0 Å². The van der Waals surface area contributed by atoms with Gasteiger partial charge in [-0.25, -0.2) is 0 Å². The van der Waals surface area contributed by atoms with Crippen LogP contribution in [0.5, 0.6) is 11.5 Å². The van der Waals surface area contributed by atoms with Crippen LogP contribution in [0.15, 0.2) is 47.2 Å². The molecule has 19 heavy (non-hydrogen) atoms. The minimum Gasteiger partial charge on any atom is -0.455 e. The maximum absolute atomic E-state index is 5.87. The fourth-order valence-corrected chi connectivity index (χ4v) is 2.04. The highest BCUT2D eigenvalue weighted by molar-refractivity contribution is 9.10. The second-order valence-electron chi connectivity index (χ2n) is 4.58. The number of ether oxygens (including phenoxy) is 1. The van der Waals surface area contributed by atoms with Gasteiger partial charge in [-0.2, -0.15) is 0 Å². The number of pyridine rings is 1. The first-order valence-electron chi connectivity index (χ1n) is 6.25. The molecule has 100 valence electrons. The smallest absolute Gasteiger partial charge is 0.145 e. The molecule has 1 aromatic carbocycles.